The second-order valence-corrected chi connectivity index (χ2v) is 7.19. The minimum Gasteiger partial charge on any atom is -0.481 e. The summed E-state index contributed by atoms with van der Waals surface area (Å²) >= 11 is 0. The SMILES string of the molecule is C=CCN1C[C@]2(C(=O)O)CN(C(=O)NC3CCCCC3)C[C@@H]2C1=O. The summed E-state index contributed by atoms with van der Waals surface area (Å²) in [6, 6.07) is -0.0690. The van der Waals surface area contributed by atoms with Gasteiger partial charge in [-0.2, -0.15) is 0 Å². The van der Waals surface area contributed by atoms with Crippen LogP contribution in [0.4, 0.5) is 4.79 Å². The molecule has 0 aromatic rings. The van der Waals surface area contributed by atoms with Crippen LogP contribution in [-0.4, -0.2) is 65.0 Å². The molecular formula is C17H25N3O4. The Morgan fingerprint density at radius 3 is 2.58 bits per heavy atom. The van der Waals surface area contributed by atoms with Gasteiger partial charge in [0, 0.05) is 32.2 Å². The molecule has 1 aliphatic carbocycles. The number of likely N-dealkylation sites (tertiary alicyclic amines) is 2. The predicted octanol–water partition coefficient (Wildman–Crippen LogP) is 1.06. The predicted molar refractivity (Wildman–Crippen MR) is 87.3 cm³/mol. The molecule has 2 aliphatic heterocycles. The molecule has 3 fully saturated rings. The smallest absolute Gasteiger partial charge is 0.317 e. The number of nitrogens with zero attached hydrogens (tertiary/aromatic N) is 2. The van der Waals surface area contributed by atoms with E-state index in [4.69, 9.17) is 0 Å². The molecule has 7 heteroatoms. The van der Waals surface area contributed by atoms with E-state index in [-0.39, 0.29) is 37.6 Å². The van der Waals surface area contributed by atoms with E-state index in [1.165, 1.54) is 16.2 Å². The highest BCUT2D eigenvalue weighted by Gasteiger charge is 2.62. The van der Waals surface area contributed by atoms with Crippen LogP contribution in [0.15, 0.2) is 12.7 Å². The molecule has 0 spiro atoms. The average Bonchev–Trinajstić information content (AvgIpc) is 3.06. The molecule has 1 saturated carbocycles. The van der Waals surface area contributed by atoms with Gasteiger partial charge in [-0.1, -0.05) is 25.3 Å². The van der Waals surface area contributed by atoms with Gasteiger partial charge in [0.15, 0.2) is 0 Å². The summed E-state index contributed by atoms with van der Waals surface area (Å²) in [5, 5.41) is 12.7. The molecule has 0 aromatic carbocycles. The number of hydrogen-bond donors (Lipinski definition) is 2. The Hall–Kier alpha value is -2.05. The van der Waals surface area contributed by atoms with Crippen molar-refractivity contribution >= 4 is 17.9 Å². The van der Waals surface area contributed by atoms with Crippen molar-refractivity contribution in [1.29, 1.82) is 0 Å². The van der Waals surface area contributed by atoms with Crippen LogP contribution in [0.25, 0.3) is 0 Å². The minimum atomic E-state index is -1.19. The lowest BCUT2D eigenvalue weighted by molar-refractivity contribution is -0.149. The molecule has 132 valence electrons. The number of rotatable bonds is 4. The van der Waals surface area contributed by atoms with Crippen molar-refractivity contribution in [2.45, 2.75) is 38.1 Å². The highest BCUT2D eigenvalue weighted by atomic mass is 16.4. The van der Waals surface area contributed by atoms with Gasteiger partial charge in [0.1, 0.15) is 5.41 Å². The van der Waals surface area contributed by atoms with Crippen LogP contribution in [-0.2, 0) is 9.59 Å². The Labute approximate surface area is 141 Å². The summed E-state index contributed by atoms with van der Waals surface area (Å²) in [6.07, 6.45) is 6.97. The Bertz CT molecular complexity index is 558. The van der Waals surface area contributed by atoms with Crippen molar-refractivity contribution < 1.29 is 19.5 Å². The molecule has 3 rings (SSSR count). The fourth-order valence-electron chi connectivity index (χ4n) is 4.29. The highest BCUT2D eigenvalue weighted by molar-refractivity contribution is 5.93. The fourth-order valence-corrected chi connectivity index (χ4v) is 4.29. The number of hydrogen-bond acceptors (Lipinski definition) is 3. The molecule has 2 N–H and O–H groups in total. The van der Waals surface area contributed by atoms with Crippen molar-refractivity contribution in [3.63, 3.8) is 0 Å². The molecule has 3 amide bonds. The topological polar surface area (TPSA) is 90.0 Å². The normalized spacial score (nSPS) is 30.3. The standard InChI is InChI=1S/C17H25N3O4/c1-2-8-19-10-17(15(22)23)11-20(9-13(17)14(19)21)16(24)18-12-6-4-3-5-7-12/h2,12-13H,1,3-11H2,(H,18,24)(H,22,23)/t13-,17+/m1/s1. The average molecular weight is 335 g/mol. The maximum absolute atomic E-state index is 12.5. The molecular weight excluding hydrogens is 310 g/mol. The molecule has 24 heavy (non-hydrogen) atoms. The lowest BCUT2D eigenvalue weighted by Crippen LogP contribution is -2.47. The number of aliphatic carboxylic acids is 1. The first-order valence-electron chi connectivity index (χ1n) is 8.66. The summed E-state index contributed by atoms with van der Waals surface area (Å²) in [4.78, 5) is 39.9. The second kappa shape index (κ2) is 6.45. The van der Waals surface area contributed by atoms with Gasteiger partial charge in [-0.3, -0.25) is 9.59 Å². The van der Waals surface area contributed by atoms with E-state index in [0.29, 0.717) is 6.54 Å². The fraction of sp³-hybridized carbons (Fsp3) is 0.706. The third-order valence-electron chi connectivity index (χ3n) is 5.62. The zero-order valence-electron chi connectivity index (χ0n) is 13.9. The Balaban J connectivity index is 1.70. The van der Waals surface area contributed by atoms with Crippen molar-refractivity contribution in [1.82, 2.24) is 15.1 Å². The lowest BCUT2D eigenvalue weighted by atomic mass is 9.81. The summed E-state index contributed by atoms with van der Waals surface area (Å²) in [6.45, 7) is 4.37. The molecule has 0 aromatic heterocycles. The van der Waals surface area contributed by atoms with Crippen molar-refractivity contribution in [3.05, 3.63) is 12.7 Å². The molecule has 0 unspecified atom stereocenters. The lowest BCUT2D eigenvalue weighted by Gasteiger charge is -2.28. The maximum Gasteiger partial charge on any atom is 0.317 e. The number of carbonyl (C=O) groups excluding carboxylic acids is 2. The largest absolute Gasteiger partial charge is 0.481 e. The van der Waals surface area contributed by atoms with E-state index in [0.717, 1.165) is 25.7 Å². The minimum absolute atomic E-state index is 0.0882. The van der Waals surface area contributed by atoms with Gasteiger partial charge in [0.2, 0.25) is 5.91 Å². The van der Waals surface area contributed by atoms with Crippen LogP contribution in [0, 0.1) is 11.3 Å². The molecule has 2 heterocycles. The number of carboxylic acid groups (broad SMARTS) is 1. The number of fused-ring (bicyclic) bond motifs is 1. The monoisotopic (exact) mass is 335 g/mol. The Kier molecular flexibility index (Phi) is 4.51. The summed E-state index contributed by atoms with van der Waals surface area (Å²) < 4.78 is 0. The van der Waals surface area contributed by atoms with E-state index < -0.39 is 17.3 Å². The highest BCUT2D eigenvalue weighted by Crippen LogP contribution is 2.43. The van der Waals surface area contributed by atoms with Crippen molar-refractivity contribution in [2.24, 2.45) is 11.3 Å². The van der Waals surface area contributed by atoms with Crippen LogP contribution in [0.1, 0.15) is 32.1 Å². The van der Waals surface area contributed by atoms with Crippen molar-refractivity contribution in [2.75, 3.05) is 26.2 Å². The van der Waals surface area contributed by atoms with Gasteiger partial charge < -0.3 is 20.2 Å². The van der Waals surface area contributed by atoms with Gasteiger partial charge in [0.05, 0.1) is 5.92 Å². The summed E-state index contributed by atoms with van der Waals surface area (Å²) in [5.41, 5.74) is -1.19. The zero-order valence-corrected chi connectivity index (χ0v) is 13.9. The second-order valence-electron chi connectivity index (χ2n) is 7.19. The number of carbonyl (C=O) groups is 3. The summed E-state index contributed by atoms with van der Waals surface area (Å²) in [7, 11) is 0. The third kappa shape index (κ3) is 2.76. The quantitative estimate of drug-likeness (QED) is 0.752. The van der Waals surface area contributed by atoms with Crippen LogP contribution in [0.5, 0.6) is 0 Å². The van der Waals surface area contributed by atoms with Gasteiger partial charge in [-0.25, -0.2) is 4.79 Å². The van der Waals surface area contributed by atoms with Gasteiger partial charge in [-0.15, -0.1) is 6.58 Å². The van der Waals surface area contributed by atoms with Gasteiger partial charge in [-0.05, 0) is 12.8 Å². The zero-order chi connectivity index (χ0) is 17.3. The number of carboxylic acids is 1. The van der Waals surface area contributed by atoms with E-state index in [2.05, 4.69) is 11.9 Å². The first-order valence-corrected chi connectivity index (χ1v) is 8.66. The van der Waals surface area contributed by atoms with E-state index in [1.54, 1.807) is 6.08 Å². The molecule has 2 atom stereocenters. The van der Waals surface area contributed by atoms with E-state index >= 15 is 0 Å². The van der Waals surface area contributed by atoms with Crippen LogP contribution >= 0.6 is 0 Å². The Morgan fingerprint density at radius 1 is 1.29 bits per heavy atom. The van der Waals surface area contributed by atoms with Crippen LogP contribution < -0.4 is 5.32 Å². The first-order chi connectivity index (χ1) is 11.5. The van der Waals surface area contributed by atoms with Crippen LogP contribution in [0.2, 0.25) is 0 Å². The van der Waals surface area contributed by atoms with E-state index in [9.17, 15) is 19.5 Å². The van der Waals surface area contributed by atoms with Gasteiger partial charge >= 0.3 is 12.0 Å². The molecule has 0 bridgehead atoms. The molecule has 7 nitrogen and oxygen atoms in total. The van der Waals surface area contributed by atoms with Crippen molar-refractivity contribution in [3.8, 4) is 0 Å². The van der Waals surface area contributed by atoms with E-state index in [1.807, 2.05) is 0 Å². The molecule has 0 radical (unpaired) electrons. The molecule has 3 aliphatic rings. The Morgan fingerprint density at radius 2 is 2.00 bits per heavy atom. The molecule has 2 saturated heterocycles. The number of amides is 3. The summed E-state index contributed by atoms with van der Waals surface area (Å²) in [5.74, 6) is -1.85. The van der Waals surface area contributed by atoms with Crippen LogP contribution in [0.3, 0.4) is 0 Å². The maximum atomic E-state index is 12.5. The number of urea groups is 1. The number of nitrogens with one attached hydrogen (secondary N) is 1. The third-order valence-corrected chi connectivity index (χ3v) is 5.62. The van der Waals surface area contributed by atoms with Gasteiger partial charge in [0.25, 0.3) is 0 Å². The first kappa shape index (κ1) is 16.8.